The van der Waals surface area contributed by atoms with E-state index in [-0.39, 0.29) is 11.4 Å². The van der Waals surface area contributed by atoms with E-state index in [2.05, 4.69) is 15.0 Å². The Kier molecular flexibility index (Phi) is 6.36. The maximum Gasteiger partial charge on any atom is 0.240 e. The average molecular weight is 414 g/mol. The molecule has 3 aromatic rings. The number of para-hydroxylation sites is 1. The summed E-state index contributed by atoms with van der Waals surface area (Å²) in [5.74, 6) is 0. The molecule has 0 spiro atoms. The van der Waals surface area contributed by atoms with Crippen LogP contribution in [0, 0.1) is 5.41 Å². The number of H-pyrrole nitrogens is 1. The van der Waals surface area contributed by atoms with E-state index in [0.29, 0.717) is 5.71 Å². The topological polar surface area (TPSA) is 101 Å². The van der Waals surface area contributed by atoms with Crippen molar-refractivity contribution in [1.29, 1.82) is 5.41 Å². The molecule has 154 valence electrons. The Morgan fingerprint density at radius 1 is 1.17 bits per heavy atom. The van der Waals surface area contributed by atoms with E-state index in [9.17, 15) is 8.42 Å². The zero-order valence-corrected chi connectivity index (χ0v) is 17.7. The monoisotopic (exact) mass is 413 g/mol. The Bertz CT molecular complexity index is 1100. The molecule has 7 nitrogen and oxygen atoms in total. The highest BCUT2D eigenvalue weighted by Gasteiger charge is 2.24. The number of rotatable bonds is 9. The molecule has 0 amide bonds. The van der Waals surface area contributed by atoms with Gasteiger partial charge in [-0.1, -0.05) is 24.3 Å². The number of sulfonamides is 1. The van der Waals surface area contributed by atoms with Crippen molar-refractivity contribution in [2.75, 3.05) is 32.5 Å². The molecule has 0 radical (unpaired) electrons. The first-order valence-electron chi connectivity index (χ1n) is 9.48. The van der Waals surface area contributed by atoms with Gasteiger partial charge in [0.15, 0.2) is 0 Å². The number of benzene rings is 2. The molecule has 0 saturated heterocycles. The lowest BCUT2D eigenvalue weighted by Crippen LogP contribution is -2.45. The predicted octanol–water partition coefficient (Wildman–Crippen LogP) is 2.88. The van der Waals surface area contributed by atoms with Gasteiger partial charge in [-0.3, -0.25) is 4.90 Å². The Morgan fingerprint density at radius 3 is 2.66 bits per heavy atom. The van der Waals surface area contributed by atoms with Crippen LogP contribution in [-0.4, -0.2) is 57.2 Å². The largest absolute Gasteiger partial charge is 0.385 e. The molecule has 1 atom stereocenters. The van der Waals surface area contributed by atoms with Gasteiger partial charge in [0, 0.05) is 36.1 Å². The van der Waals surface area contributed by atoms with Crippen LogP contribution in [0.25, 0.3) is 10.9 Å². The average Bonchev–Trinajstić information content (AvgIpc) is 3.16. The minimum absolute atomic E-state index is 0.0946. The zero-order chi connectivity index (χ0) is 21.0. The van der Waals surface area contributed by atoms with Crippen molar-refractivity contribution in [3.05, 3.63) is 60.3 Å². The summed E-state index contributed by atoms with van der Waals surface area (Å²) in [7, 11) is -0.0200. The third kappa shape index (κ3) is 4.67. The lowest BCUT2D eigenvalue weighted by molar-refractivity contribution is 0.359. The first kappa shape index (κ1) is 21.0. The predicted molar refractivity (Wildman–Crippen MR) is 118 cm³/mol. The summed E-state index contributed by atoms with van der Waals surface area (Å²) in [4.78, 5) is 5.08. The minimum atomic E-state index is -3.70. The molecular formula is C21H27N5O2S. The van der Waals surface area contributed by atoms with Crippen molar-refractivity contribution in [1.82, 2.24) is 14.6 Å². The van der Waals surface area contributed by atoms with Crippen molar-refractivity contribution in [3.63, 3.8) is 0 Å². The van der Waals surface area contributed by atoms with Crippen molar-refractivity contribution in [3.8, 4) is 0 Å². The van der Waals surface area contributed by atoms with Crippen LogP contribution in [0.2, 0.25) is 0 Å². The van der Waals surface area contributed by atoms with E-state index in [0.717, 1.165) is 28.7 Å². The first-order chi connectivity index (χ1) is 13.8. The molecule has 2 aromatic carbocycles. The smallest absolute Gasteiger partial charge is 0.240 e. The Morgan fingerprint density at radius 2 is 1.93 bits per heavy atom. The number of hydrogen-bond donors (Lipinski definition) is 4. The van der Waals surface area contributed by atoms with Gasteiger partial charge in [-0.25, -0.2) is 13.1 Å². The molecule has 29 heavy (non-hydrogen) atoms. The summed E-state index contributed by atoms with van der Waals surface area (Å²) in [5, 5.41) is 12.9. The number of anilines is 1. The molecule has 0 saturated carbocycles. The summed E-state index contributed by atoms with van der Waals surface area (Å²) in [6.07, 6.45) is 1.78. The van der Waals surface area contributed by atoms with Gasteiger partial charge in [0.1, 0.15) is 0 Å². The van der Waals surface area contributed by atoms with Crippen LogP contribution in [0.4, 0.5) is 5.69 Å². The quantitative estimate of drug-likeness (QED) is 0.405. The number of aromatic nitrogens is 1. The lowest BCUT2D eigenvalue weighted by Gasteiger charge is -2.26. The van der Waals surface area contributed by atoms with E-state index < -0.39 is 16.1 Å². The van der Waals surface area contributed by atoms with Gasteiger partial charge in [-0.15, -0.1) is 0 Å². The maximum atomic E-state index is 12.8. The van der Waals surface area contributed by atoms with Crippen LogP contribution in [-0.2, 0) is 10.0 Å². The van der Waals surface area contributed by atoms with Crippen LogP contribution in [0.15, 0.2) is 59.6 Å². The molecule has 1 heterocycles. The second-order valence-electron chi connectivity index (χ2n) is 7.05. The fraction of sp³-hybridized carbons (Fsp3) is 0.286. The SMILES string of the molecule is CCNc1ccccc1C(=N)C(CNS(=O)(=O)c1ccc2cc[nH]c2c1)N(C)C. The van der Waals surface area contributed by atoms with Gasteiger partial charge < -0.3 is 15.7 Å². The standard InChI is InChI=1S/C21H27N5O2S/c1-4-23-18-8-6-5-7-17(18)21(22)20(26(2)3)14-25-29(27,28)16-10-9-15-11-12-24-19(15)13-16/h5-13,20,22-25H,4,14H2,1-3H3. The molecule has 0 bridgehead atoms. The number of nitrogens with one attached hydrogen (secondary N) is 4. The van der Waals surface area contributed by atoms with Crippen molar-refractivity contribution in [2.45, 2.75) is 17.9 Å². The second-order valence-corrected chi connectivity index (χ2v) is 8.81. The number of likely N-dealkylation sites (N-methyl/N-ethyl adjacent to an activating group) is 1. The molecule has 0 aliphatic heterocycles. The molecule has 8 heteroatoms. The Balaban J connectivity index is 1.81. The van der Waals surface area contributed by atoms with Gasteiger partial charge in [0.2, 0.25) is 10.0 Å². The third-order valence-electron chi connectivity index (χ3n) is 4.84. The van der Waals surface area contributed by atoms with Crippen LogP contribution < -0.4 is 10.0 Å². The zero-order valence-electron chi connectivity index (χ0n) is 16.9. The fourth-order valence-electron chi connectivity index (χ4n) is 3.25. The molecule has 0 fully saturated rings. The highest BCUT2D eigenvalue weighted by atomic mass is 32.2. The van der Waals surface area contributed by atoms with Crippen molar-refractivity contribution < 1.29 is 8.42 Å². The van der Waals surface area contributed by atoms with Crippen molar-refractivity contribution in [2.24, 2.45) is 0 Å². The van der Waals surface area contributed by atoms with E-state index in [1.165, 1.54) is 0 Å². The first-order valence-corrected chi connectivity index (χ1v) is 11.0. The number of aromatic amines is 1. The molecule has 1 unspecified atom stereocenters. The van der Waals surface area contributed by atoms with Gasteiger partial charge in [-0.2, -0.15) is 0 Å². The lowest BCUT2D eigenvalue weighted by atomic mass is 10.0. The third-order valence-corrected chi connectivity index (χ3v) is 6.27. The molecule has 0 aliphatic rings. The Hall–Kier alpha value is -2.68. The van der Waals surface area contributed by atoms with E-state index >= 15 is 0 Å². The summed E-state index contributed by atoms with van der Waals surface area (Å²) in [6.45, 7) is 2.83. The molecule has 4 N–H and O–H groups in total. The summed E-state index contributed by atoms with van der Waals surface area (Å²) < 4.78 is 28.3. The van der Waals surface area contributed by atoms with E-state index in [1.54, 1.807) is 24.4 Å². The van der Waals surface area contributed by atoms with Gasteiger partial charge >= 0.3 is 0 Å². The van der Waals surface area contributed by atoms with Crippen LogP contribution in [0.3, 0.4) is 0 Å². The maximum absolute atomic E-state index is 12.8. The molecule has 3 rings (SSSR count). The highest BCUT2D eigenvalue weighted by Crippen LogP contribution is 2.20. The molecule has 1 aromatic heterocycles. The van der Waals surface area contributed by atoms with Crippen molar-refractivity contribution >= 4 is 32.3 Å². The van der Waals surface area contributed by atoms with Crippen LogP contribution in [0.5, 0.6) is 0 Å². The summed E-state index contributed by atoms with van der Waals surface area (Å²) >= 11 is 0. The summed E-state index contributed by atoms with van der Waals surface area (Å²) in [5.41, 5.74) is 2.75. The number of hydrogen-bond acceptors (Lipinski definition) is 5. The Labute approximate surface area is 171 Å². The van der Waals surface area contributed by atoms with Gasteiger partial charge in [0.25, 0.3) is 0 Å². The second kappa shape index (κ2) is 8.77. The van der Waals surface area contributed by atoms with Crippen LogP contribution >= 0.6 is 0 Å². The van der Waals surface area contributed by atoms with Gasteiger partial charge in [-0.05, 0) is 50.7 Å². The highest BCUT2D eigenvalue weighted by molar-refractivity contribution is 7.89. The number of nitrogens with zero attached hydrogens (tertiary/aromatic N) is 1. The fourth-order valence-corrected chi connectivity index (χ4v) is 4.32. The molecular weight excluding hydrogens is 386 g/mol. The normalized spacial score (nSPS) is 13.0. The van der Waals surface area contributed by atoms with E-state index in [1.807, 2.05) is 56.3 Å². The minimum Gasteiger partial charge on any atom is -0.385 e. The van der Waals surface area contributed by atoms with Gasteiger partial charge in [0.05, 0.1) is 16.6 Å². The summed E-state index contributed by atoms with van der Waals surface area (Å²) in [6, 6.07) is 14.1. The van der Waals surface area contributed by atoms with Crippen LogP contribution in [0.1, 0.15) is 12.5 Å². The molecule has 0 aliphatic carbocycles. The van der Waals surface area contributed by atoms with E-state index in [4.69, 9.17) is 5.41 Å². The number of fused-ring (bicyclic) bond motifs is 1.